The van der Waals surface area contributed by atoms with Gasteiger partial charge in [-0.15, -0.1) is 0 Å². The molecule has 1 aromatic rings. The van der Waals surface area contributed by atoms with E-state index in [1.165, 1.54) is 0 Å². The zero-order chi connectivity index (χ0) is 18.2. The highest BCUT2D eigenvalue weighted by molar-refractivity contribution is 5.80. The lowest BCUT2D eigenvalue weighted by atomic mass is 10.1. The maximum atomic E-state index is 11.9. The highest BCUT2D eigenvalue weighted by Gasteiger charge is 2.16. The zero-order valence-electron chi connectivity index (χ0n) is 15.0. The molecular formula is C18H27NO6. The summed E-state index contributed by atoms with van der Waals surface area (Å²) in [6, 6.07) is 5.20. The van der Waals surface area contributed by atoms with Crippen LogP contribution in [0.15, 0.2) is 18.2 Å². The van der Waals surface area contributed by atoms with Crippen LogP contribution in [0.5, 0.6) is 17.2 Å². The van der Waals surface area contributed by atoms with Crippen LogP contribution in [0.1, 0.15) is 27.2 Å². The van der Waals surface area contributed by atoms with E-state index in [2.05, 4.69) is 19.2 Å². The summed E-state index contributed by atoms with van der Waals surface area (Å²) >= 11 is 0. The molecule has 0 fully saturated rings. The maximum absolute atomic E-state index is 11.9. The van der Waals surface area contributed by atoms with E-state index in [0.717, 1.165) is 6.42 Å². The van der Waals surface area contributed by atoms with Gasteiger partial charge in [0.05, 0.1) is 0 Å². The first-order valence-corrected chi connectivity index (χ1v) is 8.55. The number of aliphatic hydroxyl groups excluding tert-OH is 1. The van der Waals surface area contributed by atoms with Gasteiger partial charge in [-0.05, 0) is 31.4 Å². The number of hydrogen-bond donors (Lipinski definition) is 2. The standard InChI is InChI=1S/C18H27NO6/c1-12(2)6-7-22-13(3)18(21)19-9-14(20)10-23-15-4-5-16-17(8-15)25-11-24-16/h4-5,8,12-14,20H,6-7,9-11H2,1-3H3,(H,19,21). The van der Waals surface area contributed by atoms with Gasteiger partial charge >= 0.3 is 0 Å². The summed E-state index contributed by atoms with van der Waals surface area (Å²) in [4.78, 5) is 11.9. The van der Waals surface area contributed by atoms with E-state index in [0.29, 0.717) is 29.8 Å². The summed E-state index contributed by atoms with van der Waals surface area (Å²) in [5.74, 6) is 2.15. The van der Waals surface area contributed by atoms with Crippen LogP contribution in [-0.2, 0) is 9.53 Å². The lowest BCUT2D eigenvalue weighted by molar-refractivity contribution is -0.132. The van der Waals surface area contributed by atoms with Crippen molar-refractivity contribution in [2.24, 2.45) is 5.92 Å². The van der Waals surface area contributed by atoms with Crippen molar-refractivity contribution >= 4 is 5.91 Å². The third-order valence-corrected chi connectivity index (χ3v) is 3.73. The topological polar surface area (TPSA) is 86.3 Å². The summed E-state index contributed by atoms with van der Waals surface area (Å²) in [5, 5.41) is 12.6. The third kappa shape index (κ3) is 6.43. The molecule has 1 amide bonds. The number of carbonyl (C=O) groups is 1. The molecule has 7 nitrogen and oxygen atoms in total. The molecule has 1 aromatic carbocycles. The van der Waals surface area contributed by atoms with Gasteiger partial charge in [-0.3, -0.25) is 4.79 Å². The van der Waals surface area contributed by atoms with E-state index in [1.54, 1.807) is 25.1 Å². The van der Waals surface area contributed by atoms with Gasteiger partial charge in [-0.2, -0.15) is 0 Å². The van der Waals surface area contributed by atoms with Gasteiger partial charge in [0.1, 0.15) is 24.6 Å². The molecule has 0 aromatic heterocycles. The second kappa shape index (κ2) is 9.48. The molecule has 2 unspecified atom stereocenters. The minimum absolute atomic E-state index is 0.0580. The summed E-state index contributed by atoms with van der Waals surface area (Å²) in [5.41, 5.74) is 0. The Hall–Kier alpha value is -1.99. The van der Waals surface area contributed by atoms with E-state index in [4.69, 9.17) is 18.9 Å². The van der Waals surface area contributed by atoms with Crippen molar-refractivity contribution < 1.29 is 28.8 Å². The van der Waals surface area contributed by atoms with Crippen molar-refractivity contribution in [3.8, 4) is 17.2 Å². The van der Waals surface area contributed by atoms with E-state index in [9.17, 15) is 9.90 Å². The SMILES string of the molecule is CC(C)CCOC(C)C(=O)NCC(O)COc1ccc2c(c1)OCO2. The lowest BCUT2D eigenvalue weighted by Gasteiger charge is -2.17. The number of aliphatic hydroxyl groups is 1. The van der Waals surface area contributed by atoms with Crippen LogP contribution in [-0.4, -0.2) is 49.8 Å². The fraction of sp³-hybridized carbons (Fsp3) is 0.611. The first kappa shape index (κ1) is 19.3. The summed E-state index contributed by atoms with van der Waals surface area (Å²) in [6.45, 7) is 6.80. The van der Waals surface area contributed by atoms with Crippen LogP contribution in [0.25, 0.3) is 0 Å². The number of rotatable bonds is 10. The number of benzene rings is 1. The Morgan fingerprint density at radius 2 is 2.04 bits per heavy atom. The fourth-order valence-electron chi connectivity index (χ4n) is 2.14. The molecule has 7 heteroatoms. The Bertz CT molecular complexity index is 562. The molecular weight excluding hydrogens is 326 g/mol. The van der Waals surface area contributed by atoms with Crippen molar-refractivity contribution in [2.45, 2.75) is 39.4 Å². The highest BCUT2D eigenvalue weighted by atomic mass is 16.7. The molecule has 1 aliphatic rings. The minimum atomic E-state index is -0.822. The van der Waals surface area contributed by atoms with E-state index >= 15 is 0 Å². The monoisotopic (exact) mass is 353 g/mol. The summed E-state index contributed by atoms with van der Waals surface area (Å²) in [7, 11) is 0. The predicted octanol–water partition coefficient (Wildman–Crippen LogP) is 1.72. The quantitative estimate of drug-likeness (QED) is 0.666. The smallest absolute Gasteiger partial charge is 0.248 e. The molecule has 2 atom stereocenters. The Morgan fingerprint density at radius 1 is 1.28 bits per heavy atom. The zero-order valence-corrected chi connectivity index (χ0v) is 15.0. The van der Waals surface area contributed by atoms with E-state index in [-0.39, 0.29) is 25.9 Å². The number of hydrogen-bond acceptors (Lipinski definition) is 6. The second-order valence-corrected chi connectivity index (χ2v) is 6.42. The molecule has 0 spiro atoms. The van der Waals surface area contributed by atoms with Crippen LogP contribution in [0.4, 0.5) is 0 Å². The molecule has 0 saturated carbocycles. The Balaban J connectivity index is 1.64. The second-order valence-electron chi connectivity index (χ2n) is 6.42. The normalized spacial score (nSPS) is 15.1. The van der Waals surface area contributed by atoms with Gasteiger partial charge < -0.3 is 29.4 Å². The molecule has 0 saturated heterocycles. The summed E-state index contributed by atoms with van der Waals surface area (Å²) in [6.07, 6.45) is -0.457. The van der Waals surface area contributed by atoms with Crippen LogP contribution in [0, 0.1) is 5.92 Å². The number of nitrogens with one attached hydrogen (secondary N) is 1. The predicted molar refractivity (Wildman–Crippen MR) is 91.9 cm³/mol. The molecule has 1 heterocycles. The van der Waals surface area contributed by atoms with Crippen molar-refractivity contribution in [3.05, 3.63) is 18.2 Å². The number of ether oxygens (including phenoxy) is 4. The van der Waals surface area contributed by atoms with Gasteiger partial charge in [0, 0.05) is 19.2 Å². The van der Waals surface area contributed by atoms with Gasteiger partial charge in [0.15, 0.2) is 11.5 Å². The maximum Gasteiger partial charge on any atom is 0.248 e. The average molecular weight is 353 g/mol. The number of amides is 1. The largest absolute Gasteiger partial charge is 0.491 e. The Labute approximate surface area is 148 Å². The average Bonchev–Trinajstić information content (AvgIpc) is 3.05. The molecule has 2 rings (SSSR count). The number of fused-ring (bicyclic) bond motifs is 1. The van der Waals surface area contributed by atoms with E-state index < -0.39 is 12.2 Å². The number of carbonyl (C=O) groups excluding carboxylic acids is 1. The lowest BCUT2D eigenvalue weighted by Crippen LogP contribution is -2.40. The van der Waals surface area contributed by atoms with Gasteiger partial charge in [0.2, 0.25) is 12.7 Å². The molecule has 1 aliphatic heterocycles. The van der Waals surface area contributed by atoms with Crippen LogP contribution >= 0.6 is 0 Å². The first-order valence-electron chi connectivity index (χ1n) is 8.55. The highest BCUT2D eigenvalue weighted by Crippen LogP contribution is 2.35. The van der Waals surface area contributed by atoms with Gasteiger partial charge in [-0.25, -0.2) is 0 Å². The third-order valence-electron chi connectivity index (χ3n) is 3.73. The Kier molecular flexibility index (Phi) is 7.33. The van der Waals surface area contributed by atoms with Crippen molar-refractivity contribution in [2.75, 3.05) is 26.6 Å². The van der Waals surface area contributed by atoms with Crippen LogP contribution in [0.2, 0.25) is 0 Å². The van der Waals surface area contributed by atoms with Gasteiger partial charge in [0.25, 0.3) is 0 Å². The minimum Gasteiger partial charge on any atom is -0.491 e. The molecule has 0 bridgehead atoms. The van der Waals surface area contributed by atoms with Crippen LogP contribution < -0.4 is 19.5 Å². The van der Waals surface area contributed by atoms with E-state index in [1.807, 2.05) is 0 Å². The molecule has 2 N–H and O–H groups in total. The van der Waals surface area contributed by atoms with Gasteiger partial charge in [-0.1, -0.05) is 13.8 Å². The molecule has 0 radical (unpaired) electrons. The Morgan fingerprint density at radius 3 is 2.80 bits per heavy atom. The van der Waals surface area contributed by atoms with Crippen LogP contribution in [0.3, 0.4) is 0 Å². The molecule has 0 aliphatic carbocycles. The molecule has 140 valence electrons. The molecule has 25 heavy (non-hydrogen) atoms. The van der Waals surface area contributed by atoms with Crippen molar-refractivity contribution in [1.82, 2.24) is 5.32 Å². The summed E-state index contributed by atoms with van der Waals surface area (Å²) < 4.78 is 21.5. The first-order chi connectivity index (χ1) is 12.0. The van der Waals surface area contributed by atoms with Crippen molar-refractivity contribution in [1.29, 1.82) is 0 Å². The fourth-order valence-corrected chi connectivity index (χ4v) is 2.14. The van der Waals surface area contributed by atoms with Crippen molar-refractivity contribution in [3.63, 3.8) is 0 Å².